The highest BCUT2D eigenvalue weighted by molar-refractivity contribution is 5.92. The van der Waals surface area contributed by atoms with Crippen molar-refractivity contribution >= 4 is 10.8 Å². The molecule has 30 heavy (non-hydrogen) atoms. The molecule has 0 aliphatic heterocycles. The van der Waals surface area contributed by atoms with Gasteiger partial charge in [0.1, 0.15) is 11.5 Å². The van der Waals surface area contributed by atoms with Crippen molar-refractivity contribution in [3.63, 3.8) is 0 Å². The van der Waals surface area contributed by atoms with E-state index in [1.807, 2.05) is 60.7 Å². The highest BCUT2D eigenvalue weighted by Crippen LogP contribution is 2.37. The monoisotopic (exact) mass is 395 g/mol. The predicted molar refractivity (Wildman–Crippen MR) is 118 cm³/mol. The Morgan fingerprint density at radius 3 is 2.57 bits per heavy atom. The van der Waals surface area contributed by atoms with E-state index in [9.17, 15) is 10.2 Å². The number of fused-ring (bicyclic) bond motifs is 1. The molecule has 4 heteroatoms. The van der Waals surface area contributed by atoms with Crippen LogP contribution in [0, 0.1) is 11.8 Å². The van der Waals surface area contributed by atoms with Crippen LogP contribution in [0.2, 0.25) is 0 Å². The van der Waals surface area contributed by atoms with Gasteiger partial charge in [-0.1, -0.05) is 48.2 Å². The molecule has 2 N–H and O–H groups in total. The third-order valence-corrected chi connectivity index (χ3v) is 4.95. The topological polar surface area (TPSA) is 62.6 Å². The van der Waals surface area contributed by atoms with Gasteiger partial charge in [-0.25, -0.2) is 4.98 Å². The van der Waals surface area contributed by atoms with Gasteiger partial charge in [-0.2, -0.15) is 0 Å². The molecule has 0 unspecified atom stereocenters. The first kappa shape index (κ1) is 19.4. The number of nitrogens with zero attached hydrogens (tertiary/aromatic N) is 1. The molecule has 0 atom stereocenters. The van der Waals surface area contributed by atoms with Crippen molar-refractivity contribution in [1.29, 1.82) is 0 Å². The van der Waals surface area contributed by atoms with Crippen molar-refractivity contribution in [2.45, 2.75) is 12.8 Å². The van der Waals surface area contributed by atoms with Gasteiger partial charge in [0, 0.05) is 41.6 Å². The summed E-state index contributed by atoms with van der Waals surface area (Å²) in [4.78, 5) is 4.09. The van der Waals surface area contributed by atoms with E-state index < -0.39 is 0 Å². The van der Waals surface area contributed by atoms with Crippen LogP contribution in [0.1, 0.15) is 22.3 Å². The summed E-state index contributed by atoms with van der Waals surface area (Å²) in [5, 5.41) is 22.7. The number of methoxy groups -OCH3 is 1. The van der Waals surface area contributed by atoms with Crippen molar-refractivity contribution in [3.8, 4) is 29.2 Å². The van der Waals surface area contributed by atoms with Crippen molar-refractivity contribution in [2.75, 3.05) is 7.11 Å². The Kier molecular flexibility index (Phi) is 5.54. The number of rotatable bonds is 4. The number of ether oxygens (including phenoxy) is 1. The lowest BCUT2D eigenvalue weighted by Gasteiger charge is -2.11. The molecular weight excluding hydrogens is 374 g/mol. The van der Waals surface area contributed by atoms with Crippen LogP contribution in [-0.4, -0.2) is 22.3 Å². The van der Waals surface area contributed by atoms with Crippen LogP contribution < -0.4 is 4.74 Å². The standard InChI is InChI=1S/C26H21NO3/c1-30-25-16-20(12-13-27-25)9-5-8-19-10-11-21-17-24(28)23(26(29)22(21)14-19)15-18-6-3-2-4-7-18/h2-4,6-7,10-14,16-17,28-29H,9,15H2,1H3. The first-order valence-electron chi connectivity index (χ1n) is 9.63. The minimum atomic E-state index is 0.0920. The summed E-state index contributed by atoms with van der Waals surface area (Å²) in [6, 6.07) is 20.8. The smallest absolute Gasteiger partial charge is 0.213 e. The lowest BCUT2D eigenvalue weighted by atomic mass is 9.97. The first-order valence-corrected chi connectivity index (χ1v) is 9.63. The van der Waals surface area contributed by atoms with Crippen LogP contribution >= 0.6 is 0 Å². The normalized spacial score (nSPS) is 10.4. The molecule has 4 aromatic rings. The Balaban J connectivity index is 1.63. The van der Waals surface area contributed by atoms with Crippen LogP contribution in [0.4, 0.5) is 0 Å². The minimum Gasteiger partial charge on any atom is -0.507 e. The van der Waals surface area contributed by atoms with Crippen molar-refractivity contribution < 1.29 is 14.9 Å². The Bertz CT molecular complexity index is 1250. The van der Waals surface area contributed by atoms with Gasteiger partial charge in [0.25, 0.3) is 0 Å². The van der Waals surface area contributed by atoms with Crippen LogP contribution in [0.25, 0.3) is 10.8 Å². The van der Waals surface area contributed by atoms with E-state index in [4.69, 9.17) is 4.74 Å². The fraction of sp³-hybridized carbons (Fsp3) is 0.115. The van der Waals surface area contributed by atoms with Gasteiger partial charge in [-0.15, -0.1) is 0 Å². The lowest BCUT2D eigenvalue weighted by Crippen LogP contribution is -1.91. The Morgan fingerprint density at radius 1 is 0.933 bits per heavy atom. The van der Waals surface area contributed by atoms with Gasteiger partial charge >= 0.3 is 0 Å². The molecular formula is C26H21NO3. The molecule has 0 bridgehead atoms. The van der Waals surface area contributed by atoms with Crippen LogP contribution in [-0.2, 0) is 12.8 Å². The van der Waals surface area contributed by atoms with Crippen LogP contribution in [0.5, 0.6) is 17.4 Å². The third-order valence-electron chi connectivity index (χ3n) is 4.95. The highest BCUT2D eigenvalue weighted by atomic mass is 16.5. The molecule has 4 nitrogen and oxygen atoms in total. The molecule has 0 fully saturated rings. The molecule has 1 heterocycles. The van der Waals surface area contributed by atoms with Gasteiger partial charge < -0.3 is 14.9 Å². The van der Waals surface area contributed by atoms with Crippen molar-refractivity contribution in [1.82, 2.24) is 4.98 Å². The quantitative estimate of drug-likeness (QED) is 0.486. The van der Waals surface area contributed by atoms with Crippen LogP contribution in [0.3, 0.4) is 0 Å². The average Bonchev–Trinajstić information content (AvgIpc) is 2.78. The number of pyridine rings is 1. The van der Waals surface area contributed by atoms with E-state index in [1.165, 1.54) is 0 Å². The van der Waals surface area contributed by atoms with E-state index in [0.717, 1.165) is 22.1 Å². The number of benzene rings is 3. The Labute approximate surface area is 175 Å². The van der Waals surface area contributed by atoms with Gasteiger partial charge in [0.05, 0.1) is 7.11 Å². The van der Waals surface area contributed by atoms with E-state index in [0.29, 0.717) is 29.7 Å². The van der Waals surface area contributed by atoms with E-state index in [2.05, 4.69) is 16.8 Å². The summed E-state index contributed by atoms with van der Waals surface area (Å²) in [7, 11) is 1.59. The van der Waals surface area contributed by atoms with E-state index in [1.54, 1.807) is 19.4 Å². The molecule has 0 spiro atoms. The maximum Gasteiger partial charge on any atom is 0.213 e. The second-order valence-corrected chi connectivity index (χ2v) is 7.01. The van der Waals surface area contributed by atoms with E-state index >= 15 is 0 Å². The van der Waals surface area contributed by atoms with Crippen LogP contribution in [0.15, 0.2) is 72.9 Å². The second kappa shape index (κ2) is 8.59. The number of aromatic nitrogens is 1. The predicted octanol–water partition coefficient (Wildman–Crippen LogP) is 4.84. The summed E-state index contributed by atoms with van der Waals surface area (Å²) in [5.74, 6) is 7.06. The summed E-state index contributed by atoms with van der Waals surface area (Å²) in [5.41, 5.74) is 3.36. The molecule has 0 aliphatic carbocycles. The van der Waals surface area contributed by atoms with Crippen molar-refractivity contribution in [2.24, 2.45) is 0 Å². The molecule has 0 radical (unpaired) electrons. The molecule has 0 saturated carbocycles. The molecule has 4 rings (SSSR count). The average molecular weight is 395 g/mol. The summed E-state index contributed by atoms with van der Waals surface area (Å²) >= 11 is 0. The number of phenolic OH excluding ortho intramolecular Hbond substituents is 2. The van der Waals surface area contributed by atoms with Crippen molar-refractivity contribution in [3.05, 3.63) is 95.2 Å². The number of phenols is 2. The first-order chi connectivity index (χ1) is 14.6. The zero-order valence-electron chi connectivity index (χ0n) is 16.6. The molecule has 0 saturated heterocycles. The van der Waals surface area contributed by atoms with E-state index in [-0.39, 0.29) is 11.5 Å². The SMILES string of the molecule is COc1cc(CC#Cc2ccc3cc(O)c(Cc4ccccc4)c(O)c3c2)ccn1. The number of hydrogen-bond acceptors (Lipinski definition) is 4. The minimum absolute atomic E-state index is 0.0920. The molecule has 3 aromatic carbocycles. The Hall–Kier alpha value is -3.97. The summed E-state index contributed by atoms with van der Waals surface area (Å²) in [6.07, 6.45) is 2.72. The fourth-order valence-corrected chi connectivity index (χ4v) is 3.38. The number of aromatic hydroxyl groups is 2. The Morgan fingerprint density at radius 2 is 1.77 bits per heavy atom. The second-order valence-electron chi connectivity index (χ2n) is 7.01. The zero-order chi connectivity index (χ0) is 20.9. The maximum atomic E-state index is 10.8. The molecule has 1 aromatic heterocycles. The van der Waals surface area contributed by atoms with Gasteiger partial charge in [0.2, 0.25) is 5.88 Å². The number of hydrogen-bond donors (Lipinski definition) is 2. The maximum absolute atomic E-state index is 10.8. The van der Waals surface area contributed by atoms with Gasteiger partial charge in [-0.05, 0) is 40.8 Å². The summed E-state index contributed by atoms with van der Waals surface area (Å²) in [6.45, 7) is 0. The van der Waals surface area contributed by atoms with Gasteiger partial charge in [0.15, 0.2) is 0 Å². The molecule has 148 valence electrons. The summed E-state index contributed by atoms with van der Waals surface area (Å²) < 4.78 is 5.14. The zero-order valence-corrected chi connectivity index (χ0v) is 16.6. The molecule has 0 aliphatic rings. The molecule has 0 amide bonds. The fourth-order valence-electron chi connectivity index (χ4n) is 3.38. The highest BCUT2D eigenvalue weighted by Gasteiger charge is 2.13. The van der Waals surface area contributed by atoms with Gasteiger partial charge in [-0.3, -0.25) is 0 Å². The largest absolute Gasteiger partial charge is 0.507 e. The third kappa shape index (κ3) is 4.21. The lowest BCUT2D eigenvalue weighted by molar-refractivity contribution is 0.397.